The van der Waals surface area contributed by atoms with Crippen LogP contribution in [0.5, 0.6) is 0 Å². The number of benzene rings is 4. The van der Waals surface area contributed by atoms with Gasteiger partial charge in [-0.25, -0.2) is 4.79 Å². The first-order valence-corrected chi connectivity index (χ1v) is 14.5. The average molecular weight is 563 g/mol. The van der Waals surface area contributed by atoms with Gasteiger partial charge in [0.05, 0.1) is 17.6 Å². The Morgan fingerprint density at radius 2 is 1.13 bits per heavy atom. The zero-order valence-electron chi connectivity index (χ0n) is 21.1. The summed E-state index contributed by atoms with van der Waals surface area (Å²) in [6, 6.07) is 40.8. The number of thiophene rings is 2. The van der Waals surface area contributed by atoms with Crippen LogP contribution in [0.4, 0.5) is 0 Å². The molecular formula is C34H23ClO2S2. The molecule has 4 aromatic carbocycles. The second-order valence-corrected chi connectivity index (χ2v) is 11.5. The topological polar surface area (TPSA) is 26.3 Å². The van der Waals surface area contributed by atoms with E-state index in [0.29, 0.717) is 10.6 Å². The van der Waals surface area contributed by atoms with Gasteiger partial charge < -0.3 is 4.74 Å². The largest absolute Gasteiger partial charge is 0.465 e. The van der Waals surface area contributed by atoms with Gasteiger partial charge in [-0.1, -0.05) is 115 Å². The van der Waals surface area contributed by atoms with Crippen LogP contribution in [-0.4, -0.2) is 13.1 Å². The summed E-state index contributed by atoms with van der Waals surface area (Å²) in [7, 11) is 1.45. The van der Waals surface area contributed by atoms with Gasteiger partial charge in [-0.2, -0.15) is 0 Å². The van der Waals surface area contributed by atoms with Crippen LogP contribution >= 0.6 is 34.3 Å². The first kappa shape index (κ1) is 25.3. The predicted octanol–water partition coefficient (Wildman–Crippen LogP) is 10.6. The highest BCUT2D eigenvalue weighted by molar-refractivity contribution is 7.21. The molecule has 5 heteroatoms. The molecule has 0 aliphatic rings. The normalized spacial score (nSPS) is 10.9. The van der Waals surface area contributed by atoms with E-state index < -0.39 is 0 Å². The summed E-state index contributed by atoms with van der Waals surface area (Å²) in [6.07, 6.45) is 0. The van der Waals surface area contributed by atoms with Crippen LogP contribution in [0.25, 0.3) is 52.9 Å². The fourth-order valence-electron chi connectivity index (χ4n) is 4.71. The van der Waals surface area contributed by atoms with Gasteiger partial charge >= 0.3 is 5.97 Å². The SMILES string of the molecule is COC(=O)c1c(-c2ccccc2)sc(-c2ccccc2)c1-c1cc(-c2ccccc2)sc1-c1ccc(Cl)cc1. The first-order valence-electron chi connectivity index (χ1n) is 12.5. The molecule has 0 aliphatic heterocycles. The van der Waals surface area contributed by atoms with Crippen LogP contribution in [0.2, 0.25) is 5.02 Å². The Labute approximate surface area is 240 Å². The Hall–Kier alpha value is -3.96. The van der Waals surface area contributed by atoms with Crippen LogP contribution < -0.4 is 0 Å². The van der Waals surface area contributed by atoms with Crippen LogP contribution in [0, 0.1) is 0 Å². The third-order valence-electron chi connectivity index (χ3n) is 6.54. The minimum atomic E-state index is -0.350. The smallest absolute Gasteiger partial charge is 0.340 e. The third kappa shape index (κ3) is 4.95. The molecule has 39 heavy (non-hydrogen) atoms. The van der Waals surface area contributed by atoms with E-state index >= 15 is 0 Å². The predicted molar refractivity (Wildman–Crippen MR) is 166 cm³/mol. The third-order valence-corrected chi connectivity index (χ3v) is 9.31. The lowest BCUT2D eigenvalue weighted by molar-refractivity contribution is 0.0603. The van der Waals surface area contributed by atoms with Crippen molar-refractivity contribution in [3.8, 4) is 52.9 Å². The first-order chi connectivity index (χ1) is 19.1. The van der Waals surface area contributed by atoms with Crippen molar-refractivity contribution in [3.63, 3.8) is 0 Å². The van der Waals surface area contributed by atoms with Crippen molar-refractivity contribution in [1.82, 2.24) is 0 Å². The fourth-order valence-corrected chi connectivity index (χ4v) is 7.32. The Morgan fingerprint density at radius 1 is 0.615 bits per heavy atom. The van der Waals surface area contributed by atoms with Crippen molar-refractivity contribution < 1.29 is 9.53 Å². The number of ether oxygens (including phenoxy) is 1. The van der Waals surface area contributed by atoms with Gasteiger partial charge in [0, 0.05) is 30.8 Å². The van der Waals surface area contributed by atoms with E-state index in [1.54, 1.807) is 22.7 Å². The Kier molecular flexibility index (Phi) is 7.16. The number of esters is 1. The summed E-state index contributed by atoms with van der Waals surface area (Å²) in [4.78, 5) is 17.7. The van der Waals surface area contributed by atoms with Gasteiger partial charge in [-0.05, 0) is 40.5 Å². The lowest BCUT2D eigenvalue weighted by atomic mass is 9.94. The molecule has 0 atom stereocenters. The summed E-state index contributed by atoms with van der Waals surface area (Å²) in [5.41, 5.74) is 6.68. The maximum absolute atomic E-state index is 13.6. The van der Waals surface area contributed by atoms with Crippen LogP contribution in [0.15, 0.2) is 121 Å². The van der Waals surface area contributed by atoms with E-state index in [1.165, 1.54) is 7.11 Å². The second-order valence-electron chi connectivity index (χ2n) is 8.96. The van der Waals surface area contributed by atoms with E-state index in [9.17, 15) is 4.79 Å². The summed E-state index contributed by atoms with van der Waals surface area (Å²) in [5, 5.41) is 0.683. The molecule has 2 aromatic heterocycles. The Balaban J connectivity index is 1.71. The standard InChI is InChI=1S/C34H23ClO2S2/c1-37-34(36)30-29(32(23-13-7-3-8-14-23)39-33(30)24-15-9-4-10-16-24)27-21-28(22-11-5-2-6-12-22)38-31(27)25-17-19-26(35)20-18-25/h2-21H,1H3. The van der Waals surface area contributed by atoms with Crippen molar-refractivity contribution in [1.29, 1.82) is 0 Å². The number of rotatable bonds is 6. The molecule has 0 unspecified atom stereocenters. The lowest BCUT2D eigenvalue weighted by Gasteiger charge is -2.10. The van der Waals surface area contributed by atoms with Crippen molar-refractivity contribution in [2.75, 3.05) is 7.11 Å². The molecule has 0 saturated carbocycles. The minimum Gasteiger partial charge on any atom is -0.465 e. The molecule has 6 rings (SSSR count). The minimum absolute atomic E-state index is 0.350. The Morgan fingerprint density at radius 3 is 1.69 bits per heavy atom. The highest BCUT2D eigenvalue weighted by Gasteiger charge is 2.30. The molecule has 0 amide bonds. The van der Waals surface area contributed by atoms with E-state index in [1.807, 2.05) is 91.0 Å². The van der Waals surface area contributed by atoms with Gasteiger partial charge in [0.2, 0.25) is 0 Å². The highest BCUT2D eigenvalue weighted by Crippen LogP contribution is 2.53. The maximum Gasteiger partial charge on any atom is 0.340 e. The monoisotopic (exact) mass is 562 g/mol. The molecule has 190 valence electrons. The summed E-state index contributed by atoms with van der Waals surface area (Å²) < 4.78 is 5.42. The Bertz CT molecular complexity index is 1740. The molecule has 6 aromatic rings. The molecular weight excluding hydrogens is 540 g/mol. The highest BCUT2D eigenvalue weighted by atomic mass is 35.5. The van der Waals surface area contributed by atoms with E-state index in [0.717, 1.165) is 52.9 Å². The second kappa shape index (κ2) is 11.0. The number of hydrogen-bond acceptors (Lipinski definition) is 4. The van der Waals surface area contributed by atoms with Gasteiger partial charge in [-0.15, -0.1) is 22.7 Å². The molecule has 0 fully saturated rings. The molecule has 0 spiro atoms. The summed E-state index contributed by atoms with van der Waals surface area (Å²) >= 11 is 9.60. The molecule has 0 bridgehead atoms. The number of hydrogen-bond donors (Lipinski definition) is 0. The fraction of sp³-hybridized carbons (Fsp3) is 0.0294. The number of carbonyl (C=O) groups excluding carboxylic acids is 1. The van der Waals surface area contributed by atoms with Crippen LogP contribution in [0.3, 0.4) is 0 Å². The van der Waals surface area contributed by atoms with Gasteiger partial charge in [-0.3, -0.25) is 0 Å². The number of carbonyl (C=O) groups is 1. The average Bonchev–Trinajstić information content (AvgIpc) is 3.61. The quantitative estimate of drug-likeness (QED) is 0.189. The molecule has 0 aliphatic carbocycles. The maximum atomic E-state index is 13.6. The van der Waals surface area contributed by atoms with E-state index in [-0.39, 0.29) is 5.97 Å². The van der Waals surface area contributed by atoms with Gasteiger partial charge in [0.15, 0.2) is 0 Å². The molecule has 0 saturated heterocycles. The van der Waals surface area contributed by atoms with Crippen molar-refractivity contribution in [2.45, 2.75) is 0 Å². The van der Waals surface area contributed by atoms with Crippen molar-refractivity contribution in [2.24, 2.45) is 0 Å². The molecule has 2 heterocycles. The van der Waals surface area contributed by atoms with Crippen LogP contribution in [-0.2, 0) is 4.74 Å². The van der Waals surface area contributed by atoms with Gasteiger partial charge in [0.1, 0.15) is 0 Å². The number of halogens is 1. The van der Waals surface area contributed by atoms with E-state index in [2.05, 4.69) is 30.3 Å². The lowest BCUT2D eigenvalue weighted by Crippen LogP contribution is -2.03. The van der Waals surface area contributed by atoms with Crippen molar-refractivity contribution in [3.05, 3.63) is 132 Å². The van der Waals surface area contributed by atoms with Crippen molar-refractivity contribution >= 4 is 40.2 Å². The van der Waals surface area contributed by atoms with Gasteiger partial charge in [0.25, 0.3) is 0 Å². The summed E-state index contributed by atoms with van der Waals surface area (Å²) in [5.74, 6) is -0.350. The molecule has 0 radical (unpaired) electrons. The van der Waals surface area contributed by atoms with E-state index in [4.69, 9.17) is 16.3 Å². The van der Waals surface area contributed by atoms with Crippen LogP contribution in [0.1, 0.15) is 10.4 Å². The zero-order chi connectivity index (χ0) is 26.8. The molecule has 0 N–H and O–H groups in total. The number of methoxy groups -OCH3 is 1. The zero-order valence-corrected chi connectivity index (χ0v) is 23.4. The molecule has 2 nitrogen and oxygen atoms in total. The summed E-state index contributed by atoms with van der Waals surface area (Å²) in [6.45, 7) is 0.